The van der Waals surface area contributed by atoms with Crippen LogP contribution in [0.3, 0.4) is 0 Å². The molecule has 0 spiro atoms. The number of hydrogen-bond acceptors (Lipinski definition) is 3. The van der Waals surface area contributed by atoms with E-state index in [0.717, 1.165) is 38.3 Å². The third-order valence-corrected chi connectivity index (χ3v) is 4.32. The third kappa shape index (κ3) is 5.76. The highest BCUT2D eigenvalue weighted by atomic mass is 19.1. The number of aliphatic imine (C=N–C) groups is 1. The first-order valence-corrected chi connectivity index (χ1v) is 8.47. The van der Waals surface area contributed by atoms with Crippen LogP contribution in [0.2, 0.25) is 0 Å². The number of halogens is 1. The Labute approximate surface area is 143 Å². The van der Waals surface area contributed by atoms with Crippen LogP contribution in [0.4, 0.5) is 4.39 Å². The van der Waals surface area contributed by atoms with Gasteiger partial charge in [0, 0.05) is 39.3 Å². The van der Waals surface area contributed by atoms with Crippen LogP contribution in [-0.2, 0) is 14.9 Å². The summed E-state index contributed by atoms with van der Waals surface area (Å²) in [5.41, 5.74) is 1.31. The molecule has 0 saturated heterocycles. The van der Waals surface area contributed by atoms with Crippen molar-refractivity contribution in [2.24, 2.45) is 4.99 Å². The van der Waals surface area contributed by atoms with E-state index in [-0.39, 0.29) is 11.2 Å². The Hall–Kier alpha value is -1.66. The summed E-state index contributed by atoms with van der Waals surface area (Å²) in [6, 6.07) is 6.84. The number of methoxy groups -OCH3 is 1. The molecular weight excluding hydrogens is 309 g/mol. The minimum atomic E-state index is -0.187. The van der Waals surface area contributed by atoms with Crippen molar-refractivity contribution < 1.29 is 13.9 Å². The van der Waals surface area contributed by atoms with Gasteiger partial charge in [-0.05, 0) is 37.0 Å². The molecule has 1 saturated carbocycles. The number of guanidine groups is 1. The maximum absolute atomic E-state index is 13.1. The van der Waals surface area contributed by atoms with Crippen molar-refractivity contribution in [3.05, 3.63) is 35.6 Å². The summed E-state index contributed by atoms with van der Waals surface area (Å²) in [6.07, 6.45) is 3.15. The monoisotopic (exact) mass is 337 g/mol. The van der Waals surface area contributed by atoms with E-state index in [9.17, 15) is 4.39 Å². The van der Waals surface area contributed by atoms with Crippen LogP contribution in [0.1, 0.15) is 24.8 Å². The largest absolute Gasteiger partial charge is 0.382 e. The highest BCUT2D eigenvalue weighted by Gasteiger charge is 2.44. The molecule has 2 rings (SSSR count). The van der Waals surface area contributed by atoms with E-state index in [4.69, 9.17) is 9.47 Å². The normalized spacial score (nSPS) is 16.0. The second-order valence-corrected chi connectivity index (χ2v) is 6.10. The Morgan fingerprint density at radius 1 is 1.17 bits per heavy atom. The summed E-state index contributed by atoms with van der Waals surface area (Å²) >= 11 is 0. The lowest BCUT2D eigenvalue weighted by molar-refractivity contribution is 0.0698. The van der Waals surface area contributed by atoms with Gasteiger partial charge in [-0.3, -0.25) is 4.99 Å². The van der Waals surface area contributed by atoms with E-state index in [1.807, 2.05) is 12.1 Å². The molecule has 1 aliphatic rings. The van der Waals surface area contributed by atoms with E-state index < -0.39 is 0 Å². The summed E-state index contributed by atoms with van der Waals surface area (Å²) in [6.45, 7) is 3.57. The van der Waals surface area contributed by atoms with Gasteiger partial charge in [0.1, 0.15) is 5.82 Å². The summed E-state index contributed by atoms with van der Waals surface area (Å²) in [5.74, 6) is 0.605. The number of hydrogen-bond donors (Lipinski definition) is 2. The lowest BCUT2D eigenvalue weighted by atomic mass is 9.96. The van der Waals surface area contributed by atoms with Gasteiger partial charge in [0.05, 0.1) is 13.2 Å². The molecule has 1 aliphatic carbocycles. The van der Waals surface area contributed by atoms with Crippen molar-refractivity contribution in [3.63, 3.8) is 0 Å². The molecule has 2 N–H and O–H groups in total. The predicted octanol–water partition coefficient (Wildman–Crippen LogP) is 2.08. The third-order valence-electron chi connectivity index (χ3n) is 4.32. The van der Waals surface area contributed by atoms with Gasteiger partial charge in [0.15, 0.2) is 5.96 Å². The SMILES string of the molecule is CN=C(NCCCOCCOC)NCC1(c2ccc(F)cc2)CC1. The van der Waals surface area contributed by atoms with Crippen LogP contribution in [0, 0.1) is 5.82 Å². The van der Waals surface area contributed by atoms with Gasteiger partial charge in [-0.15, -0.1) is 0 Å². The van der Waals surface area contributed by atoms with Gasteiger partial charge >= 0.3 is 0 Å². The molecule has 0 bridgehead atoms. The first kappa shape index (κ1) is 18.7. The van der Waals surface area contributed by atoms with E-state index >= 15 is 0 Å². The number of rotatable bonds is 10. The molecule has 0 aliphatic heterocycles. The molecule has 24 heavy (non-hydrogen) atoms. The van der Waals surface area contributed by atoms with Crippen molar-refractivity contribution in [3.8, 4) is 0 Å². The van der Waals surface area contributed by atoms with Gasteiger partial charge in [0.2, 0.25) is 0 Å². The fraction of sp³-hybridized carbons (Fsp3) is 0.611. The molecule has 0 aromatic heterocycles. The van der Waals surface area contributed by atoms with E-state index in [0.29, 0.717) is 19.8 Å². The molecule has 0 heterocycles. The zero-order chi connectivity index (χ0) is 17.3. The Bertz CT molecular complexity index is 516. The molecule has 6 heteroatoms. The maximum atomic E-state index is 13.1. The molecule has 0 unspecified atom stereocenters. The molecule has 0 amide bonds. The van der Waals surface area contributed by atoms with E-state index in [1.54, 1.807) is 14.2 Å². The number of ether oxygens (including phenoxy) is 2. The summed E-state index contributed by atoms with van der Waals surface area (Å²) in [7, 11) is 3.43. The Morgan fingerprint density at radius 3 is 2.54 bits per heavy atom. The molecule has 134 valence electrons. The van der Waals surface area contributed by atoms with Gasteiger partial charge < -0.3 is 20.1 Å². The van der Waals surface area contributed by atoms with Crippen LogP contribution in [0.15, 0.2) is 29.3 Å². The highest BCUT2D eigenvalue weighted by molar-refractivity contribution is 5.79. The maximum Gasteiger partial charge on any atom is 0.191 e. The minimum absolute atomic E-state index is 0.120. The predicted molar refractivity (Wildman–Crippen MR) is 94.0 cm³/mol. The zero-order valence-corrected chi connectivity index (χ0v) is 14.6. The quantitative estimate of drug-likeness (QED) is 0.390. The first-order chi connectivity index (χ1) is 11.7. The highest BCUT2D eigenvalue weighted by Crippen LogP contribution is 2.47. The van der Waals surface area contributed by atoms with E-state index in [1.165, 1.54) is 17.7 Å². The molecule has 0 radical (unpaired) electrons. The summed E-state index contributed by atoms with van der Waals surface area (Å²) in [4.78, 5) is 4.25. The number of nitrogens with one attached hydrogen (secondary N) is 2. The molecule has 0 atom stereocenters. The lowest BCUT2D eigenvalue weighted by Crippen LogP contribution is -2.41. The first-order valence-electron chi connectivity index (χ1n) is 8.47. The van der Waals surface area contributed by atoms with Crippen LogP contribution in [0.25, 0.3) is 0 Å². The Kier molecular flexibility index (Phi) is 7.46. The fourth-order valence-electron chi connectivity index (χ4n) is 2.62. The topological polar surface area (TPSA) is 54.9 Å². The summed E-state index contributed by atoms with van der Waals surface area (Å²) in [5, 5.41) is 6.67. The van der Waals surface area contributed by atoms with E-state index in [2.05, 4.69) is 15.6 Å². The van der Waals surface area contributed by atoms with Gasteiger partial charge in [0.25, 0.3) is 0 Å². The smallest absolute Gasteiger partial charge is 0.191 e. The Balaban J connectivity index is 1.67. The molecule has 1 aromatic rings. The second kappa shape index (κ2) is 9.59. The van der Waals surface area contributed by atoms with Crippen molar-refractivity contribution in [2.45, 2.75) is 24.7 Å². The fourth-order valence-corrected chi connectivity index (χ4v) is 2.62. The second-order valence-electron chi connectivity index (χ2n) is 6.10. The van der Waals surface area contributed by atoms with Crippen molar-refractivity contribution in [1.29, 1.82) is 0 Å². The molecule has 1 aromatic carbocycles. The molecule has 5 nitrogen and oxygen atoms in total. The van der Waals surface area contributed by atoms with Crippen LogP contribution in [-0.4, -0.2) is 53.0 Å². The van der Waals surface area contributed by atoms with Crippen molar-refractivity contribution in [2.75, 3.05) is 47.1 Å². The van der Waals surface area contributed by atoms with Crippen molar-refractivity contribution >= 4 is 5.96 Å². The average molecular weight is 337 g/mol. The molecular formula is C18H28FN3O2. The van der Waals surface area contributed by atoms with Crippen LogP contribution < -0.4 is 10.6 Å². The standard InChI is InChI=1S/C18H28FN3O2/c1-20-17(21-10-3-11-24-13-12-23-2)22-14-18(8-9-18)15-4-6-16(19)7-5-15/h4-7H,3,8-14H2,1-2H3,(H2,20,21,22). The van der Waals surface area contributed by atoms with Crippen LogP contribution >= 0.6 is 0 Å². The van der Waals surface area contributed by atoms with Crippen molar-refractivity contribution in [1.82, 2.24) is 10.6 Å². The number of benzene rings is 1. The van der Waals surface area contributed by atoms with Crippen LogP contribution in [0.5, 0.6) is 0 Å². The lowest BCUT2D eigenvalue weighted by Gasteiger charge is -2.19. The average Bonchev–Trinajstić information content (AvgIpc) is 3.38. The molecule has 1 fully saturated rings. The van der Waals surface area contributed by atoms with Gasteiger partial charge in [-0.25, -0.2) is 4.39 Å². The Morgan fingerprint density at radius 2 is 1.92 bits per heavy atom. The van der Waals surface area contributed by atoms with Gasteiger partial charge in [-0.1, -0.05) is 12.1 Å². The summed E-state index contributed by atoms with van der Waals surface area (Å²) < 4.78 is 23.4. The number of nitrogens with zero attached hydrogens (tertiary/aromatic N) is 1. The zero-order valence-electron chi connectivity index (χ0n) is 14.6. The minimum Gasteiger partial charge on any atom is -0.382 e. The van der Waals surface area contributed by atoms with Gasteiger partial charge in [-0.2, -0.15) is 0 Å².